The Morgan fingerprint density at radius 1 is 1.39 bits per heavy atom. The van der Waals surface area contributed by atoms with Crippen LogP contribution < -0.4 is 10.1 Å². The van der Waals surface area contributed by atoms with Gasteiger partial charge in [-0.05, 0) is 37.8 Å². The molecule has 1 unspecified atom stereocenters. The van der Waals surface area contributed by atoms with Crippen LogP contribution in [0.25, 0.3) is 0 Å². The minimum atomic E-state index is -0.254. The monoisotopic (exact) mass is 249 g/mol. The molecule has 0 fully saturated rings. The molecule has 0 saturated carbocycles. The molecular formula is C15H20FNO. The van der Waals surface area contributed by atoms with Crippen LogP contribution >= 0.6 is 0 Å². The van der Waals surface area contributed by atoms with E-state index < -0.39 is 0 Å². The van der Waals surface area contributed by atoms with Crippen LogP contribution in [0.3, 0.4) is 0 Å². The molecule has 1 N–H and O–H groups in total. The van der Waals surface area contributed by atoms with Crippen molar-refractivity contribution < 1.29 is 9.13 Å². The van der Waals surface area contributed by atoms with Gasteiger partial charge in [0.05, 0.1) is 7.11 Å². The van der Waals surface area contributed by atoms with Crippen LogP contribution in [0.4, 0.5) is 4.39 Å². The highest BCUT2D eigenvalue weighted by Crippen LogP contribution is 2.20. The number of allylic oxidation sites excluding steroid dienone is 2. The molecule has 18 heavy (non-hydrogen) atoms. The van der Waals surface area contributed by atoms with E-state index in [0.29, 0.717) is 23.8 Å². The number of methoxy groups -OCH3 is 1. The van der Waals surface area contributed by atoms with Crippen LogP contribution in [0.5, 0.6) is 5.75 Å². The topological polar surface area (TPSA) is 21.3 Å². The van der Waals surface area contributed by atoms with E-state index in [1.807, 2.05) is 6.07 Å². The summed E-state index contributed by atoms with van der Waals surface area (Å²) >= 11 is 0. The summed E-state index contributed by atoms with van der Waals surface area (Å²) in [5.41, 5.74) is 0.667. The summed E-state index contributed by atoms with van der Waals surface area (Å²) in [6, 6.07) is 5.26. The van der Waals surface area contributed by atoms with Crippen molar-refractivity contribution in [2.24, 2.45) is 5.92 Å². The molecule has 3 heteroatoms. The highest BCUT2D eigenvalue weighted by molar-refractivity contribution is 5.30. The van der Waals surface area contributed by atoms with Crippen LogP contribution in [0.15, 0.2) is 30.4 Å². The lowest BCUT2D eigenvalue weighted by Gasteiger charge is -2.18. The van der Waals surface area contributed by atoms with Crippen molar-refractivity contribution in [3.63, 3.8) is 0 Å². The summed E-state index contributed by atoms with van der Waals surface area (Å²) in [5.74, 6) is 0.745. The van der Waals surface area contributed by atoms with Crippen molar-refractivity contribution in [3.8, 4) is 5.75 Å². The van der Waals surface area contributed by atoms with Crippen LogP contribution in [-0.4, -0.2) is 13.7 Å². The molecule has 1 aromatic rings. The fourth-order valence-corrected chi connectivity index (χ4v) is 2.30. The molecule has 2 rings (SSSR count). The number of nitrogens with one attached hydrogen (secondary N) is 1. The summed E-state index contributed by atoms with van der Waals surface area (Å²) in [4.78, 5) is 0. The molecule has 0 heterocycles. The minimum Gasteiger partial charge on any atom is -0.494 e. The molecule has 0 amide bonds. The van der Waals surface area contributed by atoms with Crippen molar-refractivity contribution in [1.29, 1.82) is 0 Å². The Labute approximate surface area is 108 Å². The van der Waals surface area contributed by atoms with E-state index in [1.54, 1.807) is 12.1 Å². The summed E-state index contributed by atoms with van der Waals surface area (Å²) < 4.78 is 18.8. The van der Waals surface area contributed by atoms with Gasteiger partial charge in [-0.1, -0.05) is 24.3 Å². The largest absolute Gasteiger partial charge is 0.494 e. The third-order valence-corrected chi connectivity index (χ3v) is 3.39. The van der Waals surface area contributed by atoms with Crippen LogP contribution in [-0.2, 0) is 6.54 Å². The molecule has 0 bridgehead atoms. The molecule has 1 aliphatic rings. The maximum Gasteiger partial charge on any atom is 0.169 e. The van der Waals surface area contributed by atoms with Crippen molar-refractivity contribution in [1.82, 2.24) is 5.32 Å². The average molecular weight is 249 g/mol. The van der Waals surface area contributed by atoms with E-state index in [-0.39, 0.29) is 5.82 Å². The van der Waals surface area contributed by atoms with Crippen molar-refractivity contribution in [3.05, 3.63) is 41.7 Å². The standard InChI is InChI=1S/C15H20FNO/c1-18-14-9-5-8-13(15(14)16)11-17-10-12-6-3-2-4-7-12/h2-3,5,8-9,12,17H,4,6-7,10-11H2,1H3. The highest BCUT2D eigenvalue weighted by atomic mass is 19.1. The highest BCUT2D eigenvalue weighted by Gasteiger charge is 2.11. The van der Waals surface area contributed by atoms with Gasteiger partial charge in [-0.2, -0.15) is 0 Å². The van der Waals surface area contributed by atoms with Gasteiger partial charge in [0.1, 0.15) is 0 Å². The van der Waals surface area contributed by atoms with Crippen molar-refractivity contribution in [2.45, 2.75) is 25.8 Å². The summed E-state index contributed by atoms with van der Waals surface area (Å²) in [7, 11) is 1.49. The van der Waals surface area contributed by atoms with Gasteiger partial charge in [0.15, 0.2) is 11.6 Å². The number of rotatable bonds is 5. The van der Waals surface area contributed by atoms with Gasteiger partial charge in [-0.15, -0.1) is 0 Å². The van der Waals surface area contributed by atoms with Crippen LogP contribution in [0.2, 0.25) is 0 Å². The Morgan fingerprint density at radius 2 is 2.28 bits per heavy atom. The number of halogens is 1. The third-order valence-electron chi connectivity index (χ3n) is 3.39. The van der Waals surface area contributed by atoms with Gasteiger partial charge >= 0.3 is 0 Å². The van der Waals surface area contributed by atoms with E-state index in [0.717, 1.165) is 13.0 Å². The quantitative estimate of drug-likeness (QED) is 0.809. The van der Waals surface area contributed by atoms with Crippen LogP contribution in [0, 0.1) is 11.7 Å². The molecule has 1 aromatic carbocycles. The zero-order valence-electron chi connectivity index (χ0n) is 10.8. The second-order valence-electron chi connectivity index (χ2n) is 4.71. The third kappa shape index (κ3) is 3.33. The molecule has 2 nitrogen and oxygen atoms in total. The molecule has 0 spiro atoms. The van der Waals surface area contributed by atoms with Gasteiger partial charge < -0.3 is 10.1 Å². The molecule has 98 valence electrons. The Morgan fingerprint density at radius 3 is 3.00 bits per heavy atom. The first-order valence-electron chi connectivity index (χ1n) is 6.48. The fourth-order valence-electron chi connectivity index (χ4n) is 2.30. The number of hydrogen-bond acceptors (Lipinski definition) is 2. The maximum absolute atomic E-state index is 13.9. The second kappa shape index (κ2) is 6.55. The predicted molar refractivity (Wildman–Crippen MR) is 71.1 cm³/mol. The number of benzene rings is 1. The average Bonchev–Trinajstić information content (AvgIpc) is 2.42. The van der Waals surface area contributed by atoms with Crippen molar-refractivity contribution in [2.75, 3.05) is 13.7 Å². The SMILES string of the molecule is COc1cccc(CNCC2CC=CCC2)c1F. The van der Waals surface area contributed by atoms with Gasteiger partial charge in [-0.3, -0.25) is 0 Å². The summed E-state index contributed by atoms with van der Waals surface area (Å²) in [6.07, 6.45) is 8.00. The van der Waals surface area contributed by atoms with Crippen molar-refractivity contribution >= 4 is 0 Å². The van der Waals surface area contributed by atoms with E-state index in [9.17, 15) is 4.39 Å². The molecule has 0 radical (unpaired) electrons. The second-order valence-corrected chi connectivity index (χ2v) is 4.71. The molecule has 1 aliphatic carbocycles. The minimum absolute atomic E-state index is 0.254. The predicted octanol–water partition coefficient (Wildman–Crippen LogP) is 3.28. The lowest BCUT2D eigenvalue weighted by atomic mass is 9.94. The zero-order valence-corrected chi connectivity index (χ0v) is 10.8. The number of hydrogen-bond donors (Lipinski definition) is 1. The zero-order chi connectivity index (χ0) is 12.8. The molecular weight excluding hydrogens is 229 g/mol. The Balaban J connectivity index is 1.84. The lowest BCUT2D eigenvalue weighted by Crippen LogP contribution is -2.23. The maximum atomic E-state index is 13.9. The Kier molecular flexibility index (Phi) is 4.76. The van der Waals surface area contributed by atoms with E-state index >= 15 is 0 Å². The molecule has 0 aromatic heterocycles. The molecule has 1 atom stereocenters. The number of ether oxygens (including phenoxy) is 1. The first-order chi connectivity index (χ1) is 8.81. The normalized spacial score (nSPS) is 18.9. The smallest absolute Gasteiger partial charge is 0.169 e. The van der Waals surface area contributed by atoms with E-state index in [2.05, 4.69) is 17.5 Å². The first kappa shape index (κ1) is 13.1. The molecule has 0 aliphatic heterocycles. The van der Waals surface area contributed by atoms with E-state index in [1.165, 1.54) is 20.0 Å². The summed E-state index contributed by atoms with van der Waals surface area (Å²) in [6.45, 7) is 1.50. The van der Waals surface area contributed by atoms with E-state index in [4.69, 9.17) is 4.74 Å². The lowest BCUT2D eigenvalue weighted by molar-refractivity contribution is 0.381. The van der Waals surface area contributed by atoms with Gasteiger partial charge in [0.25, 0.3) is 0 Å². The van der Waals surface area contributed by atoms with Gasteiger partial charge in [0.2, 0.25) is 0 Å². The van der Waals surface area contributed by atoms with Gasteiger partial charge in [0, 0.05) is 12.1 Å². The van der Waals surface area contributed by atoms with Gasteiger partial charge in [-0.25, -0.2) is 4.39 Å². The fraction of sp³-hybridized carbons (Fsp3) is 0.467. The Bertz CT molecular complexity index is 417. The van der Waals surface area contributed by atoms with Crippen LogP contribution in [0.1, 0.15) is 24.8 Å². The first-order valence-corrected chi connectivity index (χ1v) is 6.48. The molecule has 0 saturated heterocycles. The summed E-state index contributed by atoms with van der Waals surface area (Å²) in [5, 5.41) is 3.33. The Hall–Kier alpha value is -1.35.